The van der Waals surface area contributed by atoms with Crippen LogP contribution in [0.2, 0.25) is 0 Å². The molecule has 0 saturated heterocycles. The van der Waals surface area contributed by atoms with Crippen LogP contribution in [0.4, 0.5) is 0 Å². The third-order valence-electron chi connectivity index (χ3n) is 11.2. The summed E-state index contributed by atoms with van der Waals surface area (Å²) in [6.07, 6.45) is 11.0. The van der Waals surface area contributed by atoms with Gasteiger partial charge in [0.15, 0.2) is 6.20 Å². The molecule has 4 saturated carbocycles. The molecule has 4 bridgehead atoms. The molecule has 4 aliphatic rings. The van der Waals surface area contributed by atoms with Crippen molar-refractivity contribution in [1.82, 2.24) is 4.40 Å². The van der Waals surface area contributed by atoms with Crippen LogP contribution in [-0.4, -0.2) is 4.40 Å². The van der Waals surface area contributed by atoms with Crippen molar-refractivity contribution in [2.24, 2.45) is 24.8 Å². The highest BCUT2D eigenvalue weighted by molar-refractivity contribution is 6.25. The maximum absolute atomic E-state index is 2.66. The van der Waals surface area contributed by atoms with Gasteiger partial charge in [0.25, 0.3) is 0 Å². The lowest BCUT2D eigenvalue weighted by atomic mass is 9.48. The van der Waals surface area contributed by atoms with Gasteiger partial charge in [-0.2, -0.15) is 0 Å². The lowest BCUT2D eigenvalue weighted by molar-refractivity contribution is -0.643. The number of pyridine rings is 2. The van der Waals surface area contributed by atoms with Crippen molar-refractivity contribution in [2.75, 3.05) is 0 Å². The van der Waals surface area contributed by atoms with E-state index in [1.807, 2.05) is 0 Å². The van der Waals surface area contributed by atoms with Gasteiger partial charge in [0, 0.05) is 16.8 Å². The molecule has 10 rings (SSSR count). The molecule has 0 atom stereocenters. The highest BCUT2D eigenvalue weighted by Crippen LogP contribution is 2.61. The molecule has 190 valence electrons. The molecule has 2 heteroatoms. The monoisotopic (exact) mass is 497 g/mol. The van der Waals surface area contributed by atoms with E-state index in [0.717, 1.165) is 17.8 Å². The first-order chi connectivity index (χ1) is 18.4. The Morgan fingerprint density at radius 2 is 1.53 bits per heavy atom. The third kappa shape index (κ3) is 2.62. The molecular weight excluding hydrogens is 460 g/mol. The van der Waals surface area contributed by atoms with E-state index in [1.54, 1.807) is 5.56 Å². The standard InChI is InChI=1S/C36H37N2/c1-20(2)25-6-8-28-29-7-5-21(3)32-34(29)38(30(28)15-25)31-16-27(14-26-9-10-37(4)35(32)33(26)31)36-17-22-11-23(18-36)13-24(12-22)19-36/h5-10,14-16,20,22-24H,11-13,17-19H2,1-4H3/q+1. The molecule has 2 nitrogen and oxygen atoms in total. The van der Waals surface area contributed by atoms with Crippen molar-refractivity contribution < 1.29 is 4.57 Å². The number of nitrogens with zero attached hydrogens (tertiary/aromatic N) is 2. The van der Waals surface area contributed by atoms with Crippen LogP contribution in [0.3, 0.4) is 0 Å². The van der Waals surface area contributed by atoms with Gasteiger partial charge >= 0.3 is 0 Å². The Bertz CT molecular complexity index is 1920. The quantitative estimate of drug-likeness (QED) is 0.128. The molecule has 0 radical (unpaired) electrons. The molecule has 4 aliphatic carbocycles. The fraction of sp³-hybridized carbons (Fsp3) is 0.417. The van der Waals surface area contributed by atoms with Gasteiger partial charge in [0.1, 0.15) is 7.05 Å². The van der Waals surface area contributed by atoms with Crippen LogP contribution in [0.25, 0.3) is 49.0 Å². The fourth-order valence-corrected chi connectivity index (χ4v) is 9.86. The third-order valence-corrected chi connectivity index (χ3v) is 11.2. The highest BCUT2D eigenvalue weighted by atomic mass is 15.0. The smallest absolute Gasteiger partial charge is 0.224 e. The van der Waals surface area contributed by atoms with Crippen molar-refractivity contribution in [1.29, 1.82) is 0 Å². The maximum Gasteiger partial charge on any atom is 0.224 e. The van der Waals surface area contributed by atoms with E-state index in [1.165, 1.54) is 98.6 Å². The number of rotatable bonds is 2. The number of fused-ring (bicyclic) bond motifs is 5. The normalized spacial score (nSPS) is 26.9. The van der Waals surface area contributed by atoms with Crippen molar-refractivity contribution in [3.8, 4) is 0 Å². The maximum atomic E-state index is 2.66. The first kappa shape index (κ1) is 21.8. The van der Waals surface area contributed by atoms with E-state index in [0.29, 0.717) is 11.3 Å². The molecule has 0 spiro atoms. The zero-order valence-electron chi connectivity index (χ0n) is 23.1. The van der Waals surface area contributed by atoms with Gasteiger partial charge in [-0.05, 0) is 115 Å². The topological polar surface area (TPSA) is 8.29 Å². The van der Waals surface area contributed by atoms with Gasteiger partial charge in [-0.1, -0.05) is 38.1 Å². The number of hydrogen-bond acceptors (Lipinski definition) is 0. The lowest BCUT2D eigenvalue weighted by Gasteiger charge is -2.57. The Kier molecular flexibility index (Phi) is 4.06. The summed E-state index contributed by atoms with van der Waals surface area (Å²) in [6, 6.07) is 19.6. The molecule has 6 aromatic rings. The Balaban J connectivity index is 1.49. The van der Waals surface area contributed by atoms with Crippen LogP contribution in [0.15, 0.2) is 54.7 Å². The van der Waals surface area contributed by atoms with Gasteiger partial charge in [0.05, 0.1) is 27.3 Å². The molecule has 0 unspecified atom stereocenters. The molecule has 3 aromatic heterocycles. The molecule has 4 fully saturated rings. The minimum atomic E-state index is 0.385. The van der Waals surface area contributed by atoms with Gasteiger partial charge < -0.3 is 4.40 Å². The summed E-state index contributed by atoms with van der Waals surface area (Å²) in [6.45, 7) is 6.93. The predicted octanol–water partition coefficient (Wildman–Crippen LogP) is 8.71. The summed E-state index contributed by atoms with van der Waals surface area (Å²) in [5.74, 6) is 3.37. The number of aryl methyl sites for hydroxylation is 2. The van der Waals surface area contributed by atoms with E-state index in [4.69, 9.17) is 0 Å². The Labute approximate surface area is 224 Å². The minimum Gasteiger partial charge on any atom is -0.307 e. The summed E-state index contributed by atoms with van der Waals surface area (Å²) in [5.41, 5.74) is 10.4. The van der Waals surface area contributed by atoms with Gasteiger partial charge in [-0.25, -0.2) is 4.57 Å². The SMILES string of the molecule is Cc1ccc2c3ccc(C(C)C)cc3n3c4cc(C56CC7CC(CC(C7)C5)C6)cc5cc[n+](C)c(c1c23)c54. The van der Waals surface area contributed by atoms with Crippen LogP contribution in [0.5, 0.6) is 0 Å². The van der Waals surface area contributed by atoms with E-state index in [-0.39, 0.29) is 0 Å². The lowest BCUT2D eigenvalue weighted by Crippen LogP contribution is -2.48. The molecular formula is C36H37N2+. The minimum absolute atomic E-state index is 0.385. The van der Waals surface area contributed by atoms with Gasteiger partial charge in [0.2, 0.25) is 5.52 Å². The highest BCUT2D eigenvalue weighted by Gasteiger charge is 2.51. The molecule has 3 aromatic carbocycles. The van der Waals surface area contributed by atoms with Crippen molar-refractivity contribution in [3.05, 3.63) is 71.4 Å². The zero-order valence-corrected chi connectivity index (χ0v) is 23.1. The molecule has 3 heterocycles. The van der Waals surface area contributed by atoms with E-state index < -0.39 is 0 Å². The average Bonchev–Trinajstić information content (AvgIpc) is 3.22. The van der Waals surface area contributed by atoms with Crippen molar-refractivity contribution in [3.63, 3.8) is 0 Å². The van der Waals surface area contributed by atoms with Crippen LogP contribution < -0.4 is 4.57 Å². The fourth-order valence-electron chi connectivity index (χ4n) is 9.86. The Morgan fingerprint density at radius 1 is 0.816 bits per heavy atom. The Morgan fingerprint density at radius 3 is 2.24 bits per heavy atom. The van der Waals surface area contributed by atoms with E-state index >= 15 is 0 Å². The molecule has 0 aliphatic heterocycles. The second-order valence-electron chi connectivity index (χ2n) is 13.9. The molecule has 0 N–H and O–H groups in total. The largest absolute Gasteiger partial charge is 0.307 e. The predicted molar refractivity (Wildman–Crippen MR) is 158 cm³/mol. The van der Waals surface area contributed by atoms with Gasteiger partial charge in [-0.15, -0.1) is 0 Å². The van der Waals surface area contributed by atoms with Crippen LogP contribution in [-0.2, 0) is 12.5 Å². The summed E-state index contributed by atoms with van der Waals surface area (Å²) in [7, 11) is 2.24. The summed E-state index contributed by atoms with van der Waals surface area (Å²) in [5, 5.41) is 7.03. The van der Waals surface area contributed by atoms with E-state index in [2.05, 4.69) is 91.5 Å². The number of benzene rings is 3. The zero-order chi connectivity index (χ0) is 25.5. The summed E-state index contributed by atoms with van der Waals surface area (Å²) >= 11 is 0. The summed E-state index contributed by atoms with van der Waals surface area (Å²) < 4.78 is 5.04. The first-order valence-corrected chi connectivity index (χ1v) is 15.0. The Hall–Kier alpha value is -3.13. The first-order valence-electron chi connectivity index (χ1n) is 15.0. The number of hydrogen-bond donors (Lipinski definition) is 0. The van der Waals surface area contributed by atoms with Crippen molar-refractivity contribution >= 4 is 49.0 Å². The second-order valence-corrected chi connectivity index (χ2v) is 13.9. The average molecular weight is 498 g/mol. The molecule has 38 heavy (non-hydrogen) atoms. The second kappa shape index (κ2) is 7.08. The van der Waals surface area contributed by atoms with Crippen LogP contribution in [0.1, 0.15) is 75.0 Å². The van der Waals surface area contributed by atoms with Crippen LogP contribution >= 0.6 is 0 Å². The van der Waals surface area contributed by atoms with Gasteiger partial charge in [-0.3, -0.25) is 0 Å². The number of aromatic nitrogens is 2. The van der Waals surface area contributed by atoms with E-state index in [9.17, 15) is 0 Å². The van der Waals surface area contributed by atoms with Crippen LogP contribution in [0, 0.1) is 24.7 Å². The summed E-state index contributed by atoms with van der Waals surface area (Å²) in [4.78, 5) is 0. The molecule has 0 amide bonds. The van der Waals surface area contributed by atoms with Crippen molar-refractivity contribution in [2.45, 2.75) is 70.6 Å².